The molecule has 2 amide bonds. The van der Waals surface area contributed by atoms with Crippen LogP contribution in [0.3, 0.4) is 0 Å². The molecule has 3 aromatic carbocycles. The van der Waals surface area contributed by atoms with Crippen molar-refractivity contribution < 1.29 is 9.59 Å². The van der Waals surface area contributed by atoms with Gasteiger partial charge < -0.3 is 5.32 Å². The number of rotatable bonds is 6. The minimum absolute atomic E-state index is 0.127. The summed E-state index contributed by atoms with van der Waals surface area (Å²) < 4.78 is 0.613. The summed E-state index contributed by atoms with van der Waals surface area (Å²) in [6, 6.07) is 22.7. The van der Waals surface area contributed by atoms with E-state index in [1.54, 1.807) is 6.07 Å². The van der Waals surface area contributed by atoms with Gasteiger partial charge in [0, 0.05) is 11.3 Å². The van der Waals surface area contributed by atoms with Gasteiger partial charge >= 0.3 is 0 Å². The van der Waals surface area contributed by atoms with Gasteiger partial charge in [-0.3, -0.25) is 14.9 Å². The third-order valence-electron chi connectivity index (χ3n) is 4.02. The van der Waals surface area contributed by atoms with Crippen molar-refractivity contribution in [3.05, 3.63) is 78.4 Å². The molecule has 0 fully saturated rings. The van der Waals surface area contributed by atoms with E-state index in [-0.39, 0.29) is 17.6 Å². The highest BCUT2D eigenvalue weighted by atomic mass is 32.2. The summed E-state index contributed by atoms with van der Waals surface area (Å²) >= 11 is 2.51. The fraction of sp³-hybridized carbons (Fsp3) is 0.0476. The zero-order valence-corrected chi connectivity index (χ0v) is 16.8. The van der Waals surface area contributed by atoms with Gasteiger partial charge in [0.15, 0.2) is 4.34 Å². The number of anilines is 2. The monoisotopic (exact) mass is 420 g/mol. The van der Waals surface area contributed by atoms with Crippen LogP contribution in [0.2, 0.25) is 0 Å². The quantitative estimate of drug-likeness (QED) is 0.350. The highest BCUT2D eigenvalue weighted by Gasteiger charge is 2.12. The van der Waals surface area contributed by atoms with E-state index in [9.17, 15) is 9.59 Å². The molecule has 0 radical (unpaired) electrons. The molecule has 1 aromatic heterocycles. The SMILES string of the molecule is O=C(CSc1nnc(NC(=O)c2ccc3ccccc3c2)s1)Nc1ccccc1. The first-order chi connectivity index (χ1) is 14.2. The third kappa shape index (κ3) is 4.98. The van der Waals surface area contributed by atoms with Crippen LogP contribution in [-0.4, -0.2) is 27.8 Å². The molecule has 4 aromatic rings. The topological polar surface area (TPSA) is 84.0 Å². The molecule has 0 spiro atoms. The predicted molar refractivity (Wildman–Crippen MR) is 118 cm³/mol. The molecule has 2 N–H and O–H groups in total. The lowest BCUT2D eigenvalue weighted by molar-refractivity contribution is -0.113. The Hall–Kier alpha value is -3.23. The van der Waals surface area contributed by atoms with Crippen LogP contribution in [0.15, 0.2) is 77.1 Å². The number of hydrogen-bond donors (Lipinski definition) is 2. The van der Waals surface area contributed by atoms with Gasteiger partial charge in [0.25, 0.3) is 5.91 Å². The number of amides is 2. The van der Waals surface area contributed by atoms with Crippen LogP contribution < -0.4 is 10.6 Å². The highest BCUT2D eigenvalue weighted by Crippen LogP contribution is 2.26. The second-order valence-corrected chi connectivity index (χ2v) is 8.29. The van der Waals surface area contributed by atoms with Gasteiger partial charge in [0.05, 0.1) is 5.75 Å². The summed E-state index contributed by atoms with van der Waals surface area (Å²) in [4.78, 5) is 24.5. The van der Waals surface area contributed by atoms with Crippen molar-refractivity contribution in [3.63, 3.8) is 0 Å². The van der Waals surface area contributed by atoms with E-state index in [0.29, 0.717) is 15.0 Å². The molecule has 6 nitrogen and oxygen atoms in total. The van der Waals surface area contributed by atoms with Crippen molar-refractivity contribution in [1.29, 1.82) is 0 Å². The van der Waals surface area contributed by atoms with Crippen LogP contribution in [-0.2, 0) is 4.79 Å². The van der Waals surface area contributed by atoms with E-state index in [1.165, 1.54) is 23.1 Å². The maximum Gasteiger partial charge on any atom is 0.257 e. The van der Waals surface area contributed by atoms with E-state index < -0.39 is 0 Å². The van der Waals surface area contributed by atoms with Gasteiger partial charge in [0.2, 0.25) is 11.0 Å². The molecule has 0 saturated heterocycles. The second kappa shape index (κ2) is 8.85. The van der Waals surface area contributed by atoms with Crippen molar-refractivity contribution in [1.82, 2.24) is 10.2 Å². The first kappa shape index (κ1) is 19.1. The minimum Gasteiger partial charge on any atom is -0.325 e. The van der Waals surface area contributed by atoms with E-state index in [2.05, 4.69) is 20.8 Å². The number of fused-ring (bicyclic) bond motifs is 1. The summed E-state index contributed by atoms with van der Waals surface area (Å²) in [6.45, 7) is 0. The van der Waals surface area contributed by atoms with Gasteiger partial charge in [-0.1, -0.05) is 71.6 Å². The second-order valence-electron chi connectivity index (χ2n) is 6.09. The van der Waals surface area contributed by atoms with Crippen LogP contribution in [0.25, 0.3) is 10.8 Å². The molecule has 4 rings (SSSR count). The molecular weight excluding hydrogens is 404 g/mol. The van der Waals surface area contributed by atoms with E-state index in [1.807, 2.05) is 66.7 Å². The van der Waals surface area contributed by atoms with Gasteiger partial charge in [-0.05, 0) is 35.0 Å². The lowest BCUT2D eigenvalue weighted by Gasteiger charge is -2.03. The summed E-state index contributed by atoms with van der Waals surface area (Å²) in [5, 5.41) is 16.1. The van der Waals surface area contributed by atoms with Crippen molar-refractivity contribution >= 4 is 56.5 Å². The Labute approximate surface area is 175 Å². The molecular formula is C21H16N4O2S2. The number of nitrogens with one attached hydrogen (secondary N) is 2. The summed E-state index contributed by atoms with van der Waals surface area (Å²) in [7, 11) is 0. The first-order valence-electron chi connectivity index (χ1n) is 8.79. The van der Waals surface area contributed by atoms with E-state index in [0.717, 1.165) is 16.5 Å². The number of aromatic nitrogens is 2. The summed E-state index contributed by atoms with van der Waals surface area (Å²) in [6.07, 6.45) is 0. The number of thioether (sulfide) groups is 1. The fourth-order valence-corrected chi connectivity index (χ4v) is 4.21. The van der Waals surface area contributed by atoms with Gasteiger partial charge in [-0.15, -0.1) is 10.2 Å². The van der Waals surface area contributed by atoms with E-state index >= 15 is 0 Å². The average molecular weight is 421 g/mol. The Morgan fingerprint density at radius 2 is 1.62 bits per heavy atom. The maximum atomic E-state index is 12.5. The largest absolute Gasteiger partial charge is 0.325 e. The molecule has 0 unspecified atom stereocenters. The lowest BCUT2D eigenvalue weighted by atomic mass is 10.1. The molecule has 0 aliphatic carbocycles. The Balaban J connectivity index is 1.33. The number of nitrogens with zero attached hydrogens (tertiary/aromatic N) is 2. The predicted octanol–water partition coefficient (Wildman–Crippen LogP) is 4.67. The van der Waals surface area contributed by atoms with Crippen molar-refractivity contribution in [2.45, 2.75) is 4.34 Å². The van der Waals surface area contributed by atoms with E-state index in [4.69, 9.17) is 0 Å². The Morgan fingerprint density at radius 1 is 0.862 bits per heavy atom. The number of carbonyl (C=O) groups is 2. The number of carbonyl (C=O) groups excluding carboxylic acids is 2. The Kier molecular flexibility index (Phi) is 5.83. The fourth-order valence-electron chi connectivity index (χ4n) is 2.66. The summed E-state index contributed by atoms with van der Waals surface area (Å²) in [5.74, 6) is -0.161. The molecule has 0 aliphatic heterocycles. The Morgan fingerprint density at radius 3 is 2.45 bits per heavy atom. The molecule has 8 heteroatoms. The molecule has 0 bridgehead atoms. The zero-order chi connectivity index (χ0) is 20.1. The van der Waals surface area contributed by atoms with Gasteiger partial charge in [-0.25, -0.2) is 0 Å². The number of para-hydroxylation sites is 1. The lowest BCUT2D eigenvalue weighted by Crippen LogP contribution is -2.13. The van der Waals surface area contributed by atoms with Crippen LogP contribution in [0, 0.1) is 0 Å². The van der Waals surface area contributed by atoms with Crippen molar-refractivity contribution in [2.24, 2.45) is 0 Å². The maximum absolute atomic E-state index is 12.5. The minimum atomic E-state index is -0.245. The van der Waals surface area contributed by atoms with Gasteiger partial charge in [-0.2, -0.15) is 0 Å². The molecule has 29 heavy (non-hydrogen) atoms. The normalized spacial score (nSPS) is 10.6. The zero-order valence-electron chi connectivity index (χ0n) is 15.2. The molecule has 0 aliphatic rings. The number of hydrogen-bond acceptors (Lipinski definition) is 6. The van der Waals surface area contributed by atoms with Crippen LogP contribution >= 0.6 is 23.1 Å². The van der Waals surface area contributed by atoms with Gasteiger partial charge in [0.1, 0.15) is 0 Å². The Bertz CT molecular complexity index is 1160. The highest BCUT2D eigenvalue weighted by molar-refractivity contribution is 8.01. The van der Waals surface area contributed by atoms with Crippen LogP contribution in [0.4, 0.5) is 10.8 Å². The van der Waals surface area contributed by atoms with Crippen molar-refractivity contribution in [2.75, 3.05) is 16.4 Å². The molecule has 1 heterocycles. The average Bonchev–Trinajstić information content (AvgIpc) is 3.20. The number of benzene rings is 3. The van der Waals surface area contributed by atoms with Crippen LogP contribution in [0.1, 0.15) is 10.4 Å². The molecule has 0 atom stereocenters. The van der Waals surface area contributed by atoms with Crippen LogP contribution in [0.5, 0.6) is 0 Å². The third-order valence-corrected chi connectivity index (χ3v) is 5.99. The molecule has 0 saturated carbocycles. The first-order valence-corrected chi connectivity index (χ1v) is 10.6. The standard InChI is InChI=1S/C21H16N4O2S2/c26-18(22-17-8-2-1-3-9-17)13-28-21-25-24-20(29-21)23-19(27)16-11-10-14-6-4-5-7-15(14)12-16/h1-12H,13H2,(H,22,26)(H,23,24,27). The smallest absolute Gasteiger partial charge is 0.257 e. The summed E-state index contributed by atoms with van der Waals surface area (Å²) in [5.41, 5.74) is 1.30. The van der Waals surface area contributed by atoms with Crippen molar-refractivity contribution in [3.8, 4) is 0 Å². The molecule has 144 valence electrons.